The molecule has 16 heteroatoms. The molecule has 0 atom stereocenters. The fraction of sp³-hybridized carbons (Fsp3) is 0.429. The number of aryl methyl sites for hydroxylation is 2. The van der Waals surface area contributed by atoms with Crippen LogP contribution in [0.25, 0.3) is 11.1 Å². The molecule has 10 nitrogen and oxygen atoms in total. The molecule has 5 rings (SSSR count). The van der Waals surface area contributed by atoms with Crippen molar-refractivity contribution in [1.82, 2.24) is 20.6 Å². The predicted molar refractivity (Wildman–Crippen MR) is 244 cm³/mol. The van der Waals surface area contributed by atoms with Crippen molar-refractivity contribution >= 4 is 93.8 Å². The number of ether oxygens (including phenoxy) is 2. The first-order chi connectivity index (χ1) is 26.7. The SMILES string of the molecule is Cc1cc(-c2cc(Cl)ncc2Cl)ccc1CNC(=O)OC(C)(C)C.Cc1cc(B2OC(C)(C)C(C)(C)O2)ccc1CNC(=O)OC(C)(C)C.Clc1cc(I)c(Cl)cn1. The van der Waals surface area contributed by atoms with Crippen molar-refractivity contribution in [1.29, 1.82) is 0 Å². The third-order valence-corrected chi connectivity index (χ3v) is 11.0. The molecule has 3 heterocycles. The minimum absolute atomic E-state index is 0.359. The first kappa shape index (κ1) is 49.5. The van der Waals surface area contributed by atoms with Crippen molar-refractivity contribution in [3.8, 4) is 11.1 Å². The summed E-state index contributed by atoms with van der Waals surface area (Å²) < 4.78 is 23.6. The standard InChI is InChI=1S/C19H30BNO4.C18H20Cl2N2O2.C5H2Cl2IN/c1-13-11-15(20-24-18(5,6)19(7,8)25-20)10-9-14(13)12-21-16(22)23-17(2,3)4;1-11-7-12(14-8-16(20)21-10-15(14)19)5-6-13(11)9-22-17(23)24-18(2,3)4;6-3-2-9-5(7)1-4(3)8/h9-11H,12H2,1-8H3,(H,21,22);5-8,10H,9H2,1-4H3,(H,22,23);1-2H. The van der Waals surface area contributed by atoms with Gasteiger partial charge >= 0.3 is 19.3 Å². The largest absolute Gasteiger partial charge is 0.494 e. The number of pyridine rings is 2. The molecule has 0 saturated carbocycles. The lowest BCUT2D eigenvalue weighted by Gasteiger charge is -2.32. The number of rotatable bonds is 6. The first-order valence-corrected chi connectivity index (χ1v) is 21.0. The Kier molecular flexibility index (Phi) is 17.6. The van der Waals surface area contributed by atoms with E-state index in [2.05, 4.69) is 43.2 Å². The van der Waals surface area contributed by atoms with Gasteiger partial charge in [-0.15, -0.1) is 0 Å². The lowest BCUT2D eigenvalue weighted by Crippen LogP contribution is -2.41. The highest BCUT2D eigenvalue weighted by atomic mass is 127. The van der Waals surface area contributed by atoms with Crippen LogP contribution in [-0.4, -0.2) is 51.7 Å². The number of carbonyl (C=O) groups excluding carboxylic acids is 2. The molecule has 2 N–H and O–H groups in total. The minimum atomic E-state index is -0.514. The summed E-state index contributed by atoms with van der Waals surface area (Å²) in [7, 11) is -0.378. The maximum atomic E-state index is 11.8. The van der Waals surface area contributed by atoms with E-state index in [9.17, 15) is 9.59 Å². The molecule has 1 saturated heterocycles. The molecule has 0 radical (unpaired) electrons. The summed E-state index contributed by atoms with van der Waals surface area (Å²) in [5.74, 6) is 0. The molecular formula is C42H52BCl4IN4O6. The summed E-state index contributed by atoms with van der Waals surface area (Å²) >= 11 is 25.4. The van der Waals surface area contributed by atoms with E-state index in [1.165, 1.54) is 12.4 Å². The van der Waals surface area contributed by atoms with Gasteiger partial charge in [-0.05, 0) is 151 Å². The van der Waals surface area contributed by atoms with E-state index in [1.54, 1.807) is 12.1 Å². The highest BCUT2D eigenvalue weighted by Crippen LogP contribution is 2.36. The van der Waals surface area contributed by atoms with Gasteiger partial charge in [0.15, 0.2) is 0 Å². The zero-order chi connectivity index (χ0) is 43.8. The van der Waals surface area contributed by atoms with Crippen molar-refractivity contribution in [3.63, 3.8) is 0 Å². The monoisotopic (exact) mass is 986 g/mol. The van der Waals surface area contributed by atoms with E-state index in [-0.39, 0.29) is 18.3 Å². The summed E-state index contributed by atoms with van der Waals surface area (Å²) in [6.45, 7) is 24.0. The Balaban J connectivity index is 0.000000256. The highest BCUT2D eigenvalue weighted by molar-refractivity contribution is 14.1. The third kappa shape index (κ3) is 15.6. The summed E-state index contributed by atoms with van der Waals surface area (Å²) in [5.41, 5.74) is 5.17. The van der Waals surface area contributed by atoms with E-state index < -0.39 is 23.4 Å². The van der Waals surface area contributed by atoms with E-state index in [0.717, 1.165) is 42.4 Å². The summed E-state index contributed by atoms with van der Waals surface area (Å²) in [5, 5.41) is 7.59. The number of benzene rings is 2. The Morgan fingerprint density at radius 2 is 1.16 bits per heavy atom. The second-order valence-corrected chi connectivity index (χ2v) is 19.3. The van der Waals surface area contributed by atoms with Crippen LogP contribution in [0.5, 0.6) is 0 Å². The van der Waals surface area contributed by atoms with Gasteiger partial charge in [-0.2, -0.15) is 0 Å². The fourth-order valence-corrected chi connectivity index (χ4v) is 6.34. The molecule has 4 aromatic rings. The normalized spacial score (nSPS) is 14.3. The van der Waals surface area contributed by atoms with E-state index in [4.69, 9.17) is 65.2 Å². The zero-order valence-corrected chi connectivity index (χ0v) is 40.2. The van der Waals surface area contributed by atoms with Gasteiger partial charge in [0.1, 0.15) is 21.5 Å². The van der Waals surface area contributed by atoms with Crippen molar-refractivity contribution in [2.45, 2.75) is 119 Å². The van der Waals surface area contributed by atoms with Gasteiger partial charge in [0.2, 0.25) is 0 Å². The second kappa shape index (κ2) is 20.6. The first-order valence-electron chi connectivity index (χ1n) is 18.4. The molecule has 1 aliphatic rings. The van der Waals surface area contributed by atoms with Crippen LogP contribution in [0.1, 0.15) is 91.5 Å². The second-order valence-electron chi connectivity index (χ2n) is 16.5. The summed E-state index contributed by atoms with van der Waals surface area (Å²) in [6, 6.07) is 15.4. The smallest absolute Gasteiger partial charge is 0.444 e. The van der Waals surface area contributed by atoms with E-state index in [1.807, 2.05) is 119 Å². The summed E-state index contributed by atoms with van der Waals surface area (Å²) in [4.78, 5) is 31.3. The van der Waals surface area contributed by atoms with Crippen LogP contribution < -0.4 is 16.1 Å². The van der Waals surface area contributed by atoms with Gasteiger partial charge in [0, 0.05) is 34.6 Å². The van der Waals surface area contributed by atoms with Crippen LogP contribution >= 0.6 is 69.0 Å². The Morgan fingerprint density at radius 3 is 1.59 bits per heavy atom. The van der Waals surface area contributed by atoms with Crippen LogP contribution in [0.3, 0.4) is 0 Å². The Labute approximate surface area is 377 Å². The van der Waals surface area contributed by atoms with Crippen molar-refractivity contribution in [3.05, 3.63) is 107 Å². The topological polar surface area (TPSA) is 121 Å². The number of aromatic nitrogens is 2. The molecule has 0 bridgehead atoms. The third-order valence-electron chi connectivity index (χ3n) is 8.79. The maximum absolute atomic E-state index is 11.8. The molecule has 2 aromatic heterocycles. The van der Waals surface area contributed by atoms with Gasteiger partial charge in [0.25, 0.3) is 0 Å². The van der Waals surface area contributed by atoms with Crippen molar-refractivity contribution < 1.29 is 28.4 Å². The zero-order valence-electron chi connectivity index (χ0n) is 35.0. The quantitative estimate of drug-likeness (QED) is 0.111. The molecule has 0 spiro atoms. The van der Waals surface area contributed by atoms with Gasteiger partial charge in [-0.3, -0.25) is 0 Å². The minimum Gasteiger partial charge on any atom is -0.444 e. The highest BCUT2D eigenvalue weighted by Gasteiger charge is 2.51. The number of hydrogen-bond donors (Lipinski definition) is 2. The molecule has 0 unspecified atom stereocenters. The molecular weight excluding hydrogens is 936 g/mol. The Morgan fingerprint density at radius 1 is 0.707 bits per heavy atom. The molecule has 2 amide bonds. The molecule has 1 aliphatic heterocycles. The number of carbonyl (C=O) groups is 2. The molecule has 314 valence electrons. The predicted octanol–water partition coefficient (Wildman–Crippen LogP) is 11.7. The number of halogens is 5. The fourth-order valence-electron chi connectivity index (χ4n) is 5.09. The van der Waals surface area contributed by atoms with E-state index >= 15 is 0 Å². The van der Waals surface area contributed by atoms with Crippen LogP contribution in [-0.2, 0) is 31.9 Å². The average molecular weight is 988 g/mol. The molecule has 0 aliphatic carbocycles. The number of nitrogens with zero attached hydrogens (tertiary/aromatic N) is 2. The van der Waals surface area contributed by atoms with Gasteiger partial charge in [0.05, 0.1) is 21.2 Å². The van der Waals surface area contributed by atoms with Gasteiger partial charge < -0.3 is 29.4 Å². The maximum Gasteiger partial charge on any atom is 0.494 e. The van der Waals surface area contributed by atoms with Crippen LogP contribution in [0.4, 0.5) is 9.59 Å². The lowest BCUT2D eigenvalue weighted by molar-refractivity contribution is 0.00578. The van der Waals surface area contributed by atoms with Gasteiger partial charge in [-0.1, -0.05) is 82.8 Å². The van der Waals surface area contributed by atoms with Crippen molar-refractivity contribution in [2.75, 3.05) is 0 Å². The van der Waals surface area contributed by atoms with Crippen molar-refractivity contribution in [2.24, 2.45) is 0 Å². The Hall–Kier alpha value is -2.85. The van der Waals surface area contributed by atoms with E-state index in [0.29, 0.717) is 33.4 Å². The number of amides is 2. The van der Waals surface area contributed by atoms with Crippen LogP contribution in [0.2, 0.25) is 20.4 Å². The van der Waals surface area contributed by atoms with Crippen LogP contribution in [0.15, 0.2) is 60.9 Å². The number of hydrogen-bond acceptors (Lipinski definition) is 8. The molecule has 58 heavy (non-hydrogen) atoms. The average Bonchev–Trinajstić information content (AvgIpc) is 3.31. The van der Waals surface area contributed by atoms with Crippen LogP contribution in [0, 0.1) is 17.4 Å². The lowest BCUT2D eigenvalue weighted by atomic mass is 9.78. The Bertz CT molecular complexity index is 2060. The molecule has 2 aromatic carbocycles. The number of alkyl carbamates (subject to hydrolysis) is 2. The number of nitrogens with one attached hydrogen (secondary N) is 2. The van der Waals surface area contributed by atoms with Gasteiger partial charge in [-0.25, -0.2) is 19.6 Å². The summed E-state index contributed by atoms with van der Waals surface area (Å²) in [6.07, 6.45) is 2.22. The molecule has 1 fully saturated rings.